The van der Waals surface area contributed by atoms with E-state index in [9.17, 15) is 4.79 Å². The smallest absolute Gasteiger partial charge is 0.255 e. The number of hydrogen-bond acceptors (Lipinski definition) is 5. The van der Waals surface area contributed by atoms with E-state index in [1.807, 2.05) is 19.9 Å². The molecule has 28 heavy (non-hydrogen) atoms. The van der Waals surface area contributed by atoms with E-state index in [1.54, 1.807) is 47.5 Å². The lowest BCUT2D eigenvalue weighted by Crippen LogP contribution is -2.13. The first-order valence-corrected chi connectivity index (χ1v) is 9.13. The van der Waals surface area contributed by atoms with Crippen molar-refractivity contribution in [1.82, 2.24) is 14.8 Å². The molecule has 0 aliphatic rings. The van der Waals surface area contributed by atoms with Crippen molar-refractivity contribution >= 4 is 23.2 Å². The number of nitrogens with one attached hydrogen (secondary N) is 1. The number of amides is 1. The highest BCUT2D eigenvalue weighted by Gasteiger charge is 2.17. The molecule has 0 bridgehead atoms. The van der Waals surface area contributed by atoms with E-state index in [2.05, 4.69) is 15.4 Å². The second-order valence-electron chi connectivity index (χ2n) is 6.50. The summed E-state index contributed by atoms with van der Waals surface area (Å²) in [4.78, 5) is 16.9. The van der Waals surface area contributed by atoms with Crippen LogP contribution in [0.25, 0.3) is 5.82 Å². The van der Waals surface area contributed by atoms with Crippen molar-refractivity contribution in [3.05, 3.63) is 59.5 Å². The highest BCUT2D eigenvalue weighted by molar-refractivity contribution is 6.32. The van der Waals surface area contributed by atoms with Gasteiger partial charge in [-0.2, -0.15) is 5.10 Å². The summed E-state index contributed by atoms with van der Waals surface area (Å²) >= 11 is 6.31. The van der Waals surface area contributed by atoms with Gasteiger partial charge in [0.2, 0.25) is 0 Å². The number of carbonyl (C=O) groups is 1. The van der Waals surface area contributed by atoms with Crippen LogP contribution in [0.15, 0.2) is 48.9 Å². The molecule has 2 heterocycles. The molecule has 8 heteroatoms. The number of pyridine rings is 1. The Kier molecular flexibility index (Phi) is 6.16. The zero-order valence-electron chi connectivity index (χ0n) is 15.8. The quantitative estimate of drug-likeness (QED) is 0.642. The van der Waals surface area contributed by atoms with Gasteiger partial charge in [0.05, 0.1) is 30.6 Å². The first-order valence-electron chi connectivity index (χ1n) is 8.75. The summed E-state index contributed by atoms with van der Waals surface area (Å²) in [6, 6.07) is 8.48. The van der Waals surface area contributed by atoms with Crippen LogP contribution in [0.3, 0.4) is 0 Å². The monoisotopic (exact) mass is 400 g/mol. The second kappa shape index (κ2) is 8.75. The standard InChI is InChI=1S/C20H21ClN4O3/c1-13(2)12-28-19-16(21)9-14(10-17(19)27-3)20(26)24-15-5-6-18(22-11-15)25-8-4-7-23-25/h4-11,13H,12H2,1-3H3,(H,24,26). The number of nitrogens with zero attached hydrogens (tertiary/aromatic N) is 3. The van der Waals surface area contributed by atoms with Crippen molar-refractivity contribution in [3.8, 4) is 17.3 Å². The molecule has 1 aromatic carbocycles. The van der Waals surface area contributed by atoms with Crippen LogP contribution in [0.1, 0.15) is 24.2 Å². The third-order valence-corrected chi connectivity index (χ3v) is 4.08. The van der Waals surface area contributed by atoms with Crippen molar-refractivity contribution in [1.29, 1.82) is 0 Å². The molecule has 3 aromatic rings. The number of methoxy groups -OCH3 is 1. The number of carbonyl (C=O) groups excluding carboxylic acids is 1. The Morgan fingerprint density at radius 1 is 1.32 bits per heavy atom. The molecular formula is C20H21ClN4O3. The highest BCUT2D eigenvalue weighted by Crippen LogP contribution is 2.37. The first-order chi connectivity index (χ1) is 13.5. The molecule has 3 rings (SSSR count). The Labute approximate surface area is 168 Å². The van der Waals surface area contributed by atoms with Gasteiger partial charge < -0.3 is 14.8 Å². The maximum absolute atomic E-state index is 12.6. The Morgan fingerprint density at radius 2 is 2.14 bits per heavy atom. The molecule has 2 aromatic heterocycles. The molecule has 7 nitrogen and oxygen atoms in total. The first kappa shape index (κ1) is 19.7. The minimum absolute atomic E-state index is 0.317. The van der Waals surface area contributed by atoms with Gasteiger partial charge in [-0.15, -0.1) is 0 Å². The van der Waals surface area contributed by atoms with Gasteiger partial charge in [0.1, 0.15) is 0 Å². The normalized spacial score (nSPS) is 10.8. The maximum atomic E-state index is 12.6. The number of rotatable bonds is 7. The van der Waals surface area contributed by atoms with Crippen LogP contribution in [-0.4, -0.2) is 34.4 Å². The molecule has 0 saturated heterocycles. The van der Waals surface area contributed by atoms with Gasteiger partial charge in [-0.3, -0.25) is 4.79 Å². The van der Waals surface area contributed by atoms with Crippen molar-refractivity contribution in [2.45, 2.75) is 13.8 Å². The summed E-state index contributed by atoms with van der Waals surface area (Å²) in [7, 11) is 1.51. The molecular weight excluding hydrogens is 380 g/mol. The molecule has 0 aliphatic heterocycles. The van der Waals surface area contributed by atoms with E-state index in [4.69, 9.17) is 21.1 Å². The summed E-state index contributed by atoms with van der Waals surface area (Å²) in [5, 5.41) is 7.22. The molecule has 0 saturated carbocycles. The fraction of sp³-hybridized carbons (Fsp3) is 0.250. The second-order valence-corrected chi connectivity index (χ2v) is 6.91. The minimum atomic E-state index is -0.329. The largest absolute Gasteiger partial charge is 0.493 e. The van der Waals surface area contributed by atoms with Gasteiger partial charge in [-0.25, -0.2) is 9.67 Å². The fourth-order valence-corrected chi connectivity index (χ4v) is 2.71. The summed E-state index contributed by atoms with van der Waals surface area (Å²) in [6.45, 7) is 4.57. The lowest BCUT2D eigenvalue weighted by molar-refractivity contribution is 0.102. The fourth-order valence-electron chi connectivity index (χ4n) is 2.44. The Hall–Kier alpha value is -3.06. The number of anilines is 1. The van der Waals surface area contributed by atoms with Crippen LogP contribution in [-0.2, 0) is 0 Å². The molecule has 0 spiro atoms. The number of halogens is 1. The topological polar surface area (TPSA) is 78.3 Å². The highest BCUT2D eigenvalue weighted by atomic mass is 35.5. The third-order valence-electron chi connectivity index (χ3n) is 3.80. The van der Waals surface area contributed by atoms with E-state index in [1.165, 1.54) is 7.11 Å². The predicted octanol–water partition coefficient (Wildman–Crippen LogP) is 4.22. The van der Waals surface area contributed by atoms with Gasteiger partial charge in [0.25, 0.3) is 5.91 Å². The minimum Gasteiger partial charge on any atom is -0.493 e. The van der Waals surface area contributed by atoms with E-state index in [0.29, 0.717) is 46.1 Å². The average molecular weight is 401 g/mol. The predicted molar refractivity (Wildman–Crippen MR) is 108 cm³/mol. The van der Waals surface area contributed by atoms with Gasteiger partial charge in [0, 0.05) is 18.0 Å². The third kappa shape index (κ3) is 4.61. The summed E-state index contributed by atoms with van der Waals surface area (Å²) in [6.07, 6.45) is 5.02. The molecule has 0 fully saturated rings. The van der Waals surface area contributed by atoms with Crippen molar-refractivity contribution in [2.24, 2.45) is 5.92 Å². The molecule has 0 radical (unpaired) electrons. The van der Waals surface area contributed by atoms with Crippen molar-refractivity contribution in [3.63, 3.8) is 0 Å². The van der Waals surface area contributed by atoms with Crippen LogP contribution >= 0.6 is 11.6 Å². The summed E-state index contributed by atoms with van der Waals surface area (Å²) < 4.78 is 12.7. The number of aromatic nitrogens is 3. The lowest BCUT2D eigenvalue weighted by Gasteiger charge is -2.15. The molecule has 0 unspecified atom stereocenters. The van der Waals surface area contributed by atoms with Crippen LogP contribution in [0.5, 0.6) is 11.5 Å². The van der Waals surface area contributed by atoms with Gasteiger partial charge >= 0.3 is 0 Å². The van der Waals surface area contributed by atoms with Crippen LogP contribution in [0.2, 0.25) is 5.02 Å². The van der Waals surface area contributed by atoms with Crippen molar-refractivity contribution in [2.75, 3.05) is 19.0 Å². The molecule has 0 aliphatic carbocycles. The van der Waals surface area contributed by atoms with Crippen LogP contribution < -0.4 is 14.8 Å². The molecule has 1 amide bonds. The summed E-state index contributed by atoms with van der Waals surface area (Å²) in [5.74, 6) is 1.50. The van der Waals surface area contributed by atoms with Gasteiger partial charge in [-0.1, -0.05) is 25.4 Å². The number of benzene rings is 1. The average Bonchev–Trinajstić information content (AvgIpc) is 3.21. The van der Waals surface area contributed by atoms with E-state index in [0.717, 1.165) is 0 Å². The zero-order valence-corrected chi connectivity index (χ0v) is 16.6. The Bertz CT molecular complexity index is 941. The molecule has 146 valence electrons. The van der Waals surface area contributed by atoms with Crippen molar-refractivity contribution < 1.29 is 14.3 Å². The lowest BCUT2D eigenvalue weighted by atomic mass is 10.1. The van der Waals surface area contributed by atoms with Gasteiger partial charge in [0.15, 0.2) is 17.3 Å². The summed E-state index contributed by atoms with van der Waals surface area (Å²) in [5.41, 5.74) is 0.908. The number of ether oxygens (including phenoxy) is 2. The Morgan fingerprint density at radius 3 is 2.75 bits per heavy atom. The van der Waals surface area contributed by atoms with E-state index in [-0.39, 0.29) is 5.91 Å². The number of hydrogen-bond donors (Lipinski definition) is 1. The SMILES string of the molecule is COc1cc(C(=O)Nc2ccc(-n3cccn3)nc2)cc(Cl)c1OCC(C)C. The van der Waals surface area contributed by atoms with Gasteiger partial charge in [-0.05, 0) is 36.2 Å². The molecule has 0 atom stereocenters. The maximum Gasteiger partial charge on any atom is 0.255 e. The van der Waals surface area contributed by atoms with Crippen LogP contribution in [0, 0.1) is 5.92 Å². The molecule has 1 N–H and O–H groups in total. The van der Waals surface area contributed by atoms with E-state index >= 15 is 0 Å². The zero-order chi connectivity index (χ0) is 20.1. The Balaban J connectivity index is 1.76. The van der Waals surface area contributed by atoms with E-state index < -0.39 is 0 Å². The van der Waals surface area contributed by atoms with Crippen LogP contribution in [0.4, 0.5) is 5.69 Å².